The third-order valence-corrected chi connectivity index (χ3v) is 6.42. The Morgan fingerprint density at radius 3 is 2.52 bits per heavy atom. The van der Waals surface area contributed by atoms with E-state index in [4.69, 9.17) is 4.52 Å². The molecule has 7 nitrogen and oxygen atoms in total. The highest BCUT2D eigenvalue weighted by Crippen LogP contribution is 2.41. The van der Waals surface area contributed by atoms with Crippen molar-refractivity contribution in [1.29, 1.82) is 0 Å². The fraction of sp³-hybridized carbons (Fsp3) is 0.522. The molecule has 0 bridgehead atoms. The molecule has 1 aliphatic heterocycles. The first-order valence-electron chi connectivity index (χ1n) is 11.0. The quantitative estimate of drug-likeness (QED) is 0.792. The molecule has 1 aromatic heterocycles. The Morgan fingerprint density at radius 1 is 1.13 bits per heavy atom. The van der Waals surface area contributed by atoms with Crippen molar-refractivity contribution in [3.63, 3.8) is 0 Å². The number of piperazine rings is 1. The van der Waals surface area contributed by atoms with Gasteiger partial charge in [-0.2, -0.15) is 0 Å². The summed E-state index contributed by atoms with van der Waals surface area (Å²) in [5.74, 6) is 0.688. The van der Waals surface area contributed by atoms with Gasteiger partial charge in [-0.05, 0) is 37.5 Å². The van der Waals surface area contributed by atoms with E-state index < -0.39 is 5.41 Å². The molecule has 0 unspecified atom stereocenters. The van der Waals surface area contributed by atoms with E-state index in [1.165, 1.54) is 12.1 Å². The topological polar surface area (TPSA) is 78.7 Å². The summed E-state index contributed by atoms with van der Waals surface area (Å²) in [7, 11) is 0. The molecule has 2 aliphatic rings. The van der Waals surface area contributed by atoms with Gasteiger partial charge in [0.15, 0.2) is 5.82 Å². The van der Waals surface area contributed by atoms with Crippen molar-refractivity contribution in [2.24, 2.45) is 0 Å². The summed E-state index contributed by atoms with van der Waals surface area (Å²) in [5, 5.41) is 6.50. The number of carbonyl (C=O) groups is 2. The summed E-state index contributed by atoms with van der Waals surface area (Å²) in [6.07, 6.45) is 4.58. The van der Waals surface area contributed by atoms with E-state index in [1.54, 1.807) is 19.1 Å². The largest absolute Gasteiger partial charge is 0.360 e. The summed E-state index contributed by atoms with van der Waals surface area (Å²) in [4.78, 5) is 29.8. The van der Waals surface area contributed by atoms with Crippen LogP contribution in [-0.2, 0) is 15.0 Å². The van der Waals surface area contributed by atoms with Crippen LogP contribution in [0.25, 0.3) is 0 Å². The van der Waals surface area contributed by atoms with Crippen LogP contribution in [0.5, 0.6) is 0 Å². The maximum atomic E-state index is 13.9. The van der Waals surface area contributed by atoms with Gasteiger partial charge >= 0.3 is 0 Å². The lowest BCUT2D eigenvalue weighted by Crippen LogP contribution is -2.55. The fourth-order valence-electron chi connectivity index (χ4n) is 4.79. The summed E-state index contributed by atoms with van der Waals surface area (Å²) < 4.78 is 18.9. The summed E-state index contributed by atoms with van der Waals surface area (Å²) >= 11 is 0. The van der Waals surface area contributed by atoms with Gasteiger partial charge in [-0.15, -0.1) is 0 Å². The molecule has 1 aliphatic carbocycles. The number of nitrogens with zero attached hydrogens (tertiary/aromatic N) is 3. The first-order valence-corrected chi connectivity index (χ1v) is 11.0. The number of anilines is 1. The fourth-order valence-corrected chi connectivity index (χ4v) is 4.79. The van der Waals surface area contributed by atoms with Crippen molar-refractivity contribution >= 4 is 17.6 Å². The second-order valence-electron chi connectivity index (χ2n) is 8.59. The molecule has 0 atom stereocenters. The Hall–Kier alpha value is -2.74. The van der Waals surface area contributed by atoms with Crippen LogP contribution < -0.4 is 5.32 Å². The average molecular weight is 429 g/mol. The third kappa shape index (κ3) is 4.79. The predicted molar refractivity (Wildman–Crippen MR) is 114 cm³/mol. The van der Waals surface area contributed by atoms with Crippen molar-refractivity contribution < 1.29 is 18.5 Å². The lowest BCUT2D eigenvalue weighted by Gasteiger charge is -2.43. The first-order chi connectivity index (χ1) is 15.0. The molecule has 1 saturated carbocycles. The molecule has 0 spiro atoms. The molecule has 2 heterocycles. The number of hydrogen-bond donors (Lipinski definition) is 1. The molecule has 1 N–H and O–H groups in total. The number of amides is 2. The van der Waals surface area contributed by atoms with E-state index in [1.807, 2.05) is 15.9 Å². The van der Waals surface area contributed by atoms with Gasteiger partial charge in [0.25, 0.3) is 0 Å². The SMILES string of the molecule is Cc1cc(NC(=O)CN2CCN(C(=O)C3(c4cccc(F)c4)CCCCC3)CC2)no1. The first kappa shape index (κ1) is 21.5. The van der Waals surface area contributed by atoms with Gasteiger partial charge < -0.3 is 14.7 Å². The minimum absolute atomic E-state index is 0.0972. The van der Waals surface area contributed by atoms with Gasteiger partial charge in [-0.1, -0.05) is 36.6 Å². The van der Waals surface area contributed by atoms with Crippen LogP contribution in [0.3, 0.4) is 0 Å². The van der Waals surface area contributed by atoms with Crippen LogP contribution in [0.15, 0.2) is 34.9 Å². The van der Waals surface area contributed by atoms with Gasteiger partial charge in [0.05, 0.1) is 12.0 Å². The second kappa shape index (κ2) is 9.18. The third-order valence-electron chi connectivity index (χ3n) is 6.42. The Morgan fingerprint density at radius 2 is 1.87 bits per heavy atom. The number of halogens is 1. The molecular formula is C23H29FN4O3. The molecule has 166 valence electrons. The molecular weight excluding hydrogens is 399 g/mol. The Bertz CT molecular complexity index is 930. The van der Waals surface area contributed by atoms with Crippen LogP contribution in [0.1, 0.15) is 43.4 Å². The van der Waals surface area contributed by atoms with Crippen molar-refractivity contribution in [3.05, 3.63) is 47.5 Å². The second-order valence-corrected chi connectivity index (χ2v) is 8.59. The zero-order valence-corrected chi connectivity index (χ0v) is 17.9. The molecule has 4 rings (SSSR count). The summed E-state index contributed by atoms with van der Waals surface area (Å²) in [6.45, 7) is 4.37. The number of hydrogen-bond acceptors (Lipinski definition) is 5. The highest BCUT2D eigenvalue weighted by atomic mass is 19.1. The lowest BCUT2D eigenvalue weighted by atomic mass is 9.68. The number of aromatic nitrogens is 1. The van der Waals surface area contributed by atoms with Crippen LogP contribution in [-0.4, -0.2) is 59.5 Å². The number of rotatable bonds is 5. The Balaban J connectivity index is 1.37. The molecule has 2 aromatic rings. The van der Waals surface area contributed by atoms with E-state index in [-0.39, 0.29) is 24.2 Å². The molecule has 1 aromatic carbocycles. The van der Waals surface area contributed by atoms with E-state index >= 15 is 0 Å². The number of benzene rings is 1. The highest BCUT2D eigenvalue weighted by Gasteiger charge is 2.44. The monoisotopic (exact) mass is 428 g/mol. The molecule has 0 radical (unpaired) electrons. The molecule has 8 heteroatoms. The van der Waals surface area contributed by atoms with Crippen LogP contribution in [0.2, 0.25) is 0 Å². The predicted octanol–water partition coefficient (Wildman–Crippen LogP) is 3.11. The van der Waals surface area contributed by atoms with Crippen molar-refractivity contribution in [1.82, 2.24) is 15.0 Å². The van der Waals surface area contributed by atoms with Crippen LogP contribution >= 0.6 is 0 Å². The minimum Gasteiger partial charge on any atom is -0.360 e. The lowest BCUT2D eigenvalue weighted by molar-refractivity contribution is -0.140. The number of carbonyl (C=O) groups excluding carboxylic acids is 2. The Labute approximate surface area is 181 Å². The van der Waals surface area contributed by atoms with Gasteiger partial charge in [-0.3, -0.25) is 14.5 Å². The zero-order valence-electron chi connectivity index (χ0n) is 17.9. The van der Waals surface area contributed by atoms with Crippen molar-refractivity contribution in [3.8, 4) is 0 Å². The summed E-state index contributed by atoms with van der Waals surface area (Å²) in [5.41, 5.74) is 0.159. The normalized spacial score (nSPS) is 19.2. The average Bonchev–Trinajstić information content (AvgIpc) is 3.18. The molecule has 2 amide bonds. The maximum absolute atomic E-state index is 13.9. The molecule has 31 heavy (non-hydrogen) atoms. The van der Waals surface area contributed by atoms with Gasteiger partial charge in [0.2, 0.25) is 11.8 Å². The van der Waals surface area contributed by atoms with Crippen molar-refractivity contribution in [2.75, 3.05) is 38.0 Å². The number of nitrogens with one attached hydrogen (secondary N) is 1. The Kier molecular flexibility index (Phi) is 6.36. The van der Waals surface area contributed by atoms with Gasteiger partial charge in [0, 0.05) is 32.2 Å². The zero-order chi connectivity index (χ0) is 21.8. The van der Waals surface area contributed by atoms with Crippen molar-refractivity contribution in [2.45, 2.75) is 44.4 Å². The van der Waals surface area contributed by atoms with E-state index in [2.05, 4.69) is 10.5 Å². The maximum Gasteiger partial charge on any atom is 0.239 e. The molecule has 1 saturated heterocycles. The summed E-state index contributed by atoms with van der Waals surface area (Å²) in [6, 6.07) is 8.20. The standard InChI is InChI=1S/C23H29FN4O3/c1-17-14-20(26-31-17)25-21(29)16-27-10-12-28(13-11-27)22(30)23(8-3-2-4-9-23)18-6-5-7-19(24)15-18/h5-7,14-15H,2-4,8-13,16H2,1H3,(H,25,26,29). The van der Waals surface area contributed by atoms with Gasteiger partial charge in [0.1, 0.15) is 11.6 Å². The van der Waals surface area contributed by atoms with E-state index in [9.17, 15) is 14.0 Å². The molecule has 2 fully saturated rings. The van der Waals surface area contributed by atoms with Crippen LogP contribution in [0.4, 0.5) is 10.2 Å². The smallest absolute Gasteiger partial charge is 0.239 e. The van der Waals surface area contributed by atoms with Crippen LogP contribution in [0, 0.1) is 12.7 Å². The van der Waals surface area contributed by atoms with Gasteiger partial charge in [-0.25, -0.2) is 4.39 Å². The van der Waals surface area contributed by atoms with E-state index in [0.29, 0.717) is 37.8 Å². The van der Waals surface area contributed by atoms with E-state index in [0.717, 1.165) is 37.7 Å². The minimum atomic E-state index is -0.634. The highest BCUT2D eigenvalue weighted by molar-refractivity contribution is 5.91. The number of aryl methyl sites for hydroxylation is 1.